The van der Waals surface area contributed by atoms with Crippen molar-refractivity contribution in [2.24, 2.45) is 5.73 Å². The number of ether oxygens (including phenoxy) is 1. The molecule has 4 rings (SSSR count). The molecule has 0 aliphatic carbocycles. The van der Waals surface area contributed by atoms with E-state index in [2.05, 4.69) is 22.8 Å². The summed E-state index contributed by atoms with van der Waals surface area (Å²) in [7, 11) is 1.73. The highest BCUT2D eigenvalue weighted by Crippen LogP contribution is 2.30. The standard InChI is InChI=1S/C26H33ClN4O2/c1-33-15-5-14-31-24-8-3-2-7-23(24)29-26(31)20-6-4-13-30(18-20)25(32)17-22(28)16-19-9-11-21(27)12-10-19/h2-3,7-12,20,22H,4-6,13-18,28H2,1H3/t20-,22-/m1/s1. The Morgan fingerprint density at radius 1 is 1.24 bits per heavy atom. The summed E-state index contributed by atoms with van der Waals surface area (Å²) in [5.74, 6) is 1.43. The van der Waals surface area contributed by atoms with Crippen LogP contribution in [0, 0.1) is 0 Å². The molecule has 1 fully saturated rings. The van der Waals surface area contributed by atoms with Gasteiger partial charge in [-0.25, -0.2) is 4.98 Å². The fourth-order valence-corrected chi connectivity index (χ4v) is 4.90. The fourth-order valence-electron chi connectivity index (χ4n) is 4.77. The van der Waals surface area contributed by atoms with Gasteiger partial charge in [0, 0.05) is 56.8 Å². The smallest absolute Gasteiger partial charge is 0.224 e. The predicted molar refractivity (Wildman–Crippen MR) is 133 cm³/mol. The van der Waals surface area contributed by atoms with E-state index < -0.39 is 0 Å². The van der Waals surface area contributed by atoms with Gasteiger partial charge in [-0.3, -0.25) is 4.79 Å². The fraction of sp³-hybridized carbons (Fsp3) is 0.462. The van der Waals surface area contributed by atoms with E-state index in [-0.39, 0.29) is 17.9 Å². The predicted octanol–water partition coefficient (Wildman–Crippen LogP) is 4.39. The molecule has 33 heavy (non-hydrogen) atoms. The number of hydrogen-bond acceptors (Lipinski definition) is 4. The van der Waals surface area contributed by atoms with Crippen molar-refractivity contribution >= 4 is 28.5 Å². The molecule has 1 aliphatic rings. The Morgan fingerprint density at radius 3 is 2.82 bits per heavy atom. The van der Waals surface area contributed by atoms with Crippen molar-refractivity contribution in [3.8, 4) is 0 Å². The van der Waals surface area contributed by atoms with Gasteiger partial charge in [0.25, 0.3) is 0 Å². The molecule has 2 aromatic carbocycles. The zero-order valence-corrected chi connectivity index (χ0v) is 20.0. The maximum Gasteiger partial charge on any atom is 0.224 e. The number of nitrogens with zero attached hydrogens (tertiary/aromatic N) is 3. The molecule has 2 atom stereocenters. The number of methoxy groups -OCH3 is 1. The minimum Gasteiger partial charge on any atom is -0.385 e. The Labute approximate surface area is 200 Å². The van der Waals surface area contributed by atoms with E-state index >= 15 is 0 Å². The first kappa shape index (κ1) is 23.7. The third kappa shape index (κ3) is 5.94. The van der Waals surface area contributed by atoms with Gasteiger partial charge in [0.2, 0.25) is 5.91 Å². The summed E-state index contributed by atoms with van der Waals surface area (Å²) in [6.07, 6.45) is 3.95. The van der Waals surface area contributed by atoms with Crippen molar-refractivity contribution in [2.75, 3.05) is 26.8 Å². The van der Waals surface area contributed by atoms with Crippen molar-refractivity contribution in [1.82, 2.24) is 14.5 Å². The molecule has 0 saturated carbocycles. The van der Waals surface area contributed by atoms with Crippen LogP contribution >= 0.6 is 11.6 Å². The summed E-state index contributed by atoms with van der Waals surface area (Å²) in [5, 5.41) is 0.705. The van der Waals surface area contributed by atoms with E-state index in [9.17, 15) is 4.79 Å². The molecular weight excluding hydrogens is 436 g/mol. The highest BCUT2D eigenvalue weighted by molar-refractivity contribution is 6.30. The van der Waals surface area contributed by atoms with Crippen LogP contribution in [0.5, 0.6) is 0 Å². The Balaban J connectivity index is 1.43. The summed E-state index contributed by atoms with van der Waals surface area (Å²) in [5.41, 5.74) is 9.59. The minimum atomic E-state index is -0.210. The lowest BCUT2D eigenvalue weighted by atomic mass is 9.96. The first-order valence-electron chi connectivity index (χ1n) is 11.8. The second-order valence-corrected chi connectivity index (χ2v) is 9.37. The second-order valence-electron chi connectivity index (χ2n) is 8.93. The van der Waals surface area contributed by atoms with Gasteiger partial charge in [0.05, 0.1) is 11.0 Å². The monoisotopic (exact) mass is 468 g/mol. The number of aryl methyl sites for hydroxylation is 1. The zero-order chi connectivity index (χ0) is 23.2. The molecule has 7 heteroatoms. The van der Waals surface area contributed by atoms with E-state index in [1.807, 2.05) is 35.2 Å². The van der Waals surface area contributed by atoms with Crippen molar-refractivity contribution in [1.29, 1.82) is 0 Å². The summed E-state index contributed by atoms with van der Waals surface area (Å²) >= 11 is 5.97. The van der Waals surface area contributed by atoms with Crippen molar-refractivity contribution in [3.05, 3.63) is 64.9 Å². The number of para-hydroxylation sites is 2. The summed E-state index contributed by atoms with van der Waals surface area (Å²) < 4.78 is 7.59. The number of hydrogen-bond donors (Lipinski definition) is 1. The van der Waals surface area contributed by atoms with E-state index in [1.165, 1.54) is 0 Å². The van der Waals surface area contributed by atoms with Crippen LogP contribution in [0.1, 0.15) is 43.0 Å². The number of carbonyl (C=O) groups is 1. The number of benzene rings is 2. The number of imidazole rings is 1. The van der Waals surface area contributed by atoms with Gasteiger partial charge in [0.15, 0.2) is 0 Å². The van der Waals surface area contributed by atoms with Crippen LogP contribution in [-0.4, -0.2) is 53.2 Å². The third-order valence-electron chi connectivity index (χ3n) is 6.40. The lowest BCUT2D eigenvalue weighted by Crippen LogP contribution is -2.42. The molecular formula is C26H33ClN4O2. The number of aromatic nitrogens is 2. The number of likely N-dealkylation sites (tertiary alicyclic amines) is 1. The first-order chi connectivity index (χ1) is 16.0. The molecule has 6 nitrogen and oxygen atoms in total. The van der Waals surface area contributed by atoms with Crippen LogP contribution in [0.15, 0.2) is 48.5 Å². The van der Waals surface area contributed by atoms with Gasteiger partial charge in [-0.15, -0.1) is 0 Å². The third-order valence-corrected chi connectivity index (χ3v) is 6.65. The molecule has 0 unspecified atom stereocenters. The molecule has 1 aromatic heterocycles. The normalized spacial score (nSPS) is 17.4. The van der Waals surface area contributed by atoms with Gasteiger partial charge in [0.1, 0.15) is 5.82 Å². The van der Waals surface area contributed by atoms with E-state index in [0.717, 1.165) is 54.8 Å². The minimum absolute atomic E-state index is 0.128. The van der Waals surface area contributed by atoms with E-state index in [0.29, 0.717) is 31.0 Å². The first-order valence-corrected chi connectivity index (χ1v) is 12.1. The number of fused-ring (bicyclic) bond motifs is 1. The van der Waals surface area contributed by atoms with Crippen molar-refractivity contribution < 1.29 is 9.53 Å². The molecule has 1 aliphatic heterocycles. The Hall–Kier alpha value is -2.41. The molecule has 2 heterocycles. The Kier molecular flexibility index (Phi) is 8.02. The number of amides is 1. The van der Waals surface area contributed by atoms with E-state index in [1.54, 1.807) is 7.11 Å². The van der Waals surface area contributed by atoms with E-state index in [4.69, 9.17) is 27.1 Å². The second kappa shape index (κ2) is 11.1. The Bertz CT molecular complexity index is 1070. The lowest BCUT2D eigenvalue weighted by Gasteiger charge is -2.33. The maximum atomic E-state index is 13.1. The number of piperidine rings is 1. The van der Waals surface area contributed by atoms with Gasteiger partial charge >= 0.3 is 0 Å². The number of nitrogens with two attached hydrogens (primary N) is 1. The molecule has 3 aromatic rings. The van der Waals surface area contributed by atoms with Gasteiger partial charge in [-0.1, -0.05) is 35.9 Å². The molecule has 1 saturated heterocycles. The molecule has 0 bridgehead atoms. The summed E-state index contributed by atoms with van der Waals surface area (Å²) in [6, 6.07) is 15.7. The average Bonchev–Trinajstić information content (AvgIpc) is 3.19. The van der Waals surface area contributed by atoms with Gasteiger partial charge in [-0.2, -0.15) is 0 Å². The lowest BCUT2D eigenvalue weighted by molar-refractivity contribution is -0.132. The Morgan fingerprint density at radius 2 is 2.03 bits per heavy atom. The highest BCUT2D eigenvalue weighted by atomic mass is 35.5. The number of rotatable bonds is 9. The molecule has 176 valence electrons. The molecule has 2 N–H and O–H groups in total. The quantitative estimate of drug-likeness (QED) is 0.472. The number of halogens is 1. The summed E-state index contributed by atoms with van der Waals surface area (Å²) in [6.45, 7) is 3.06. The van der Waals surface area contributed by atoms with Crippen LogP contribution in [0.4, 0.5) is 0 Å². The molecule has 1 amide bonds. The highest BCUT2D eigenvalue weighted by Gasteiger charge is 2.29. The molecule has 0 spiro atoms. The van der Waals surface area contributed by atoms with Gasteiger partial charge in [-0.05, 0) is 55.5 Å². The largest absolute Gasteiger partial charge is 0.385 e. The van der Waals surface area contributed by atoms with Crippen LogP contribution in [0.25, 0.3) is 11.0 Å². The SMILES string of the molecule is COCCCn1c([C@@H]2CCCN(C(=O)C[C@H](N)Cc3ccc(Cl)cc3)C2)nc2ccccc21. The topological polar surface area (TPSA) is 73.4 Å². The van der Waals surface area contributed by atoms with Crippen LogP contribution < -0.4 is 5.73 Å². The molecule has 0 radical (unpaired) electrons. The van der Waals surface area contributed by atoms with Gasteiger partial charge < -0.3 is 19.9 Å². The summed E-state index contributed by atoms with van der Waals surface area (Å²) in [4.78, 5) is 20.0. The number of carbonyl (C=O) groups excluding carboxylic acids is 1. The average molecular weight is 469 g/mol. The van der Waals surface area contributed by atoms with Crippen LogP contribution in [0.2, 0.25) is 5.02 Å². The van der Waals surface area contributed by atoms with Crippen molar-refractivity contribution in [2.45, 2.75) is 50.6 Å². The van der Waals surface area contributed by atoms with Crippen LogP contribution in [-0.2, 0) is 22.5 Å². The zero-order valence-electron chi connectivity index (χ0n) is 19.3. The maximum absolute atomic E-state index is 13.1. The van der Waals surface area contributed by atoms with Crippen LogP contribution in [0.3, 0.4) is 0 Å². The van der Waals surface area contributed by atoms with Crippen molar-refractivity contribution in [3.63, 3.8) is 0 Å².